The summed E-state index contributed by atoms with van der Waals surface area (Å²) >= 11 is 0. The largest absolute Gasteiger partial charge is 0.494 e. The Morgan fingerprint density at radius 2 is 1.84 bits per heavy atom. The fourth-order valence-electron chi connectivity index (χ4n) is 2.01. The second-order valence-electron chi connectivity index (χ2n) is 4.81. The van der Waals surface area contributed by atoms with Crippen LogP contribution >= 0.6 is 0 Å². The maximum atomic E-state index is 5.74. The van der Waals surface area contributed by atoms with Crippen LogP contribution in [0.1, 0.15) is 23.2 Å². The minimum Gasteiger partial charge on any atom is -0.494 e. The van der Waals surface area contributed by atoms with E-state index < -0.39 is 0 Å². The second kappa shape index (κ2) is 5.73. The number of nitrogens with two attached hydrogens (primary N) is 1. The van der Waals surface area contributed by atoms with Crippen molar-refractivity contribution in [1.29, 1.82) is 0 Å². The number of nitrogens with zero attached hydrogens (tertiary/aromatic N) is 3. The molecule has 0 aliphatic carbocycles. The molecule has 0 unspecified atom stereocenters. The molecule has 2 aromatic rings. The summed E-state index contributed by atoms with van der Waals surface area (Å²) in [5.74, 6) is 1.42. The smallest absolute Gasteiger partial charge is 0.168 e. The molecule has 0 saturated heterocycles. The highest BCUT2D eigenvalue weighted by atomic mass is 16.5. The van der Waals surface area contributed by atoms with Crippen LogP contribution in [0.2, 0.25) is 0 Å². The SMILES string of the molecule is Cc1cc(C)cc(OCCCn2nnc(N)c2C)c1. The van der Waals surface area contributed by atoms with Gasteiger partial charge in [0.25, 0.3) is 0 Å². The van der Waals surface area contributed by atoms with E-state index in [-0.39, 0.29) is 0 Å². The van der Waals surface area contributed by atoms with Crippen molar-refractivity contribution in [3.05, 3.63) is 35.0 Å². The summed E-state index contributed by atoms with van der Waals surface area (Å²) in [5.41, 5.74) is 8.99. The van der Waals surface area contributed by atoms with E-state index in [0.717, 1.165) is 24.4 Å². The molecule has 1 aromatic heterocycles. The van der Waals surface area contributed by atoms with Gasteiger partial charge >= 0.3 is 0 Å². The van der Waals surface area contributed by atoms with E-state index in [0.29, 0.717) is 12.4 Å². The van der Waals surface area contributed by atoms with E-state index in [9.17, 15) is 0 Å². The van der Waals surface area contributed by atoms with Crippen LogP contribution in [-0.2, 0) is 6.54 Å². The van der Waals surface area contributed by atoms with Crippen LogP contribution in [-0.4, -0.2) is 21.6 Å². The molecule has 5 heteroatoms. The first kappa shape index (κ1) is 13.4. The molecule has 2 N–H and O–H groups in total. The van der Waals surface area contributed by atoms with E-state index in [4.69, 9.17) is 10.5 Å². The van der Waals surface area contributed by atoms with Gasteiger partial charge in [0.05, 0.1) is 12.3 Å². The van der Waals surface area contributed by atoms with E-state index in [1.165, 1.54) is 11.1 Å². The molecule has 0 fully saturated rings. The van der Waals surface area contributed by atoms with Gasteiger partial charge in [-0.1, -0.05) is 11.3 Å². The lowest BCUT2D eigenvalue weighted by Gasteiger charge is -2.08. The van der Waals surface area contributed by atoms with Gasteiger partial charge < -0.3 is 10.5 Å². The number of benzene rings is 1. The van der Waals surface area contributed by atoms with Crippen molar-refractivity contribution in [2.75, 3.05) is 12.3 Å². The molecule has 2 rings (SSSR count). The van der Waals surface area contributed by atoms with Crippen molar-refractivity contribution in [3.8, 4) is 5.75 Å². The molecule has 0 spiro atoms. The first-order chi connectivity index (χ1) is 9.06. The molecule has 0 radical (unpaired) electrons. The average molecular weight is 260 g/mol. The van der Waals surface area contributed by atoms with E-state index >= 15 is 0 Å². The van der Waals surface area contributed by atoms with Gasteiger partial charge in [0, 0.05) is 13.0 Å². The summed E-state index contributed by atoms with van der Waals surface area (Å²) in [4.78, 5) is 0. The van der Waals surface area contributed by atoms with Crippen LogP contribution in [0.4, 0.5) is 5.82 Å². The molecule has 0 bridgehead atoms. The highest BCUT2D eigenvalue weighted by Gasteiger charge is 2.04. The zero-order valence-corrected chi connectivity index (χ0v) is 11.7. The lowest BCUT2D eigenvalue weighted by molar-refractivity contribution is 0.297. The third-order valence-electron chi connectivity index (χ3n) is 3.00. The van der Waals surface area contributed by atoms with Crippen LogP contribution in [0.5, 0.6) is 5.75 Å². The third kappa shape index (κ3) is 3.47. The van der Waals surface area contributed by atoms with Crippen LogP contribution in [0.25, 0.3) is 0 Å². The van der Waals surface area contributed by atoms with Gasteiger partial charge in [0.1, 0.15) is 5.75 Å². The molecule has 1 heterocycles. The number of hydrogen-bond acceptors (Lipinski definition) is 4. The van der Waals surface area contributed by atoms with Crippen molar-refractivity contribution in [2.45, 2.75) is 33.7 Å². The quantitative estimate of drug-likeness (QED) is 0.837. The summed E-state index contributed by atoms with van der Waals surface area (Å²) in [7, 11) is 0. The second-order valence-corrected chi connectivity index (χ2v) is 4.81. The predicted octanol–water partition coefficient (Wildman–Crippen LogP) is 2.25. The number of aromatic nitrogens is 3. The number of anilines is 1. The van der Waals surface area contributed by atoms with Gasteiger partial charge in [0.15, 0.2) is 5.82 Å². The van der Waals surface area contributed by atoms with Gasteiger partial charge in [-0.15, -0.1) is 5.10 Å². The Morgan fingerprint density at radius 3 is 2.42 bits per heavy atom. The van der Waals surface area contributed by atoms with E-state index in [1.54, 1.807) is 4.68 Å². The predicted molar refractivity (Wildman–Crippen MR) is 75.2 cm³/mol. The van der Waals surface area contributed by atoms with Crippen LogP contribution < -0.4 is 10.5 Å². The molecule has 0 atom stereocenters. The number of nitrogen functional groups attached to an aromatic ring is 1. The van der Waals surface area contributed by atoms with Crippen molar-refractivity contribution in [3.63, 3.8) is 0 Å². The number of aryl methyl sites for hydroxylation is 3. The Kier molecular flexibility index (Phi) is 4.04. The number of ether oxygens (including phenoxy) is 1. The Morgan fingerprint density at radius 1 is 1.16 bits per heavy atom. The molecule has 5 nitrogen and oxygen atoms in total. The van der Waals surface area contributed by atoms with Gasteiger partial charge in [0.2, 0.25) is 0 Å². The minimum absolute atomic E-state index is 0.496. The van der Waals surface area contributed by atoms with Crippen molar-refractivity contribution >= 4 is 5.82 Å². The normalized spacial score (nSPS) is 10.7. The van der Waals surface area contributed by atoms with Crippen molar-refractivity contribution in [1.82, 2.24) is 15.0 Å². The summed E-state index contributed by atoms with van der Waals surface area (Å²) < 4.78 is 7.55. The van der Waals surface area contributed by atoms with Gasteiger partial charge in [-0.2, -0.15) is 0 Å². The lowest BCUT2D eigenvalue weighted by Crippen LogP contribution is -2.07. The zero-order chi connectivity index (χ0) is 13.8. The Hall–Kier alpha value is -2.04. The molecule has 0 saturated carbocycles. The van der Waals surface area contributed by atoms with Crippen LogP contribution in [0.15, 0.2) is 18.2 Å². The van der Waals surface area contributed by atoms with Crippen LogP contribution in [0, 0.1) is 20.8 Å². The topological polar surface area (TPSA) is 66.0 Å². The number of rotatable bonds is 5. The minimum atomic E-state index is 0.496. The highest BCUT2D eigenvalue weighted by Crippen LogP contribution is 2.16. The van der Waals surface area contributed by atoms with Gasteiger partial charge in [-0.3, -0.25) is 0 Å². The van der Waals surface area contributed by atoms with E-state index in [1.807, 2.05) is 19.1 Å². The van der Waals surface area contributed by atoms with Crippen molar-refractivity contribution < 1.29 is 4.74 Å². The zero-order valence-electron chi connectivity index (χ0n) is 11.7. The third-order valence-corrected chi connectivity index (χ3v) is 3.00. The monoisotopic (exact) mass is 260 g/mol. The molecule has 1 aromatic carbocycles. The Labute approximate surface area is 113 Å². The maximum absolute atomic E-state index is 5.74. The molecule has 102 valence electrons. The van der Waals surface area contributed by atoms with Gasteiger partial charge in [-0.05, 0) is 44.0 Å². The summed E-state index contributed by atoms with van der Waals surface area (Å²) in [6.07, 6.45) is 0.872. The fraction of sp³-hybridized carbons (Fsp3) is 0.429. The standard InChI is InChI=1S/C14H20N4O/c1-10-7-11(2)9-13(8-10)19-6-4-5-18-12(3)14(15)16-17-18/h7-9H,4-6,15H2,1-3H3. The fourth-order valence-corrected chi connectivity index (χ4v) is 2.01. The first-order valence-electron chi connectivity index (χ1n) is 6.43. The summed E-state index contributed by atoms with van der Waals surface area (Å²) in [5, 5.41) is 7.80. The Balaban J connectivity index is 1.82. The van der Waals surface area contributed by atoms with Crippen LogP contribution in [0.3, 0.4) is 0 Å². The highest BCUT2D eigenvalue weighted by molar-refractivity contribution is 5.33. The molecule has 0 aliphatic rings. The van der Waals surface area contributed by atoms with Crippen molar-refractivity contribution in [2.24, 2.45) is 0 Å². The molecular weight excluding hydrogens is 240 g/mol. The first-order valence-corrected chi connectivity index (χ1v) is 6.43. The summed E-state index contributed by atoms with van der Waals surface area (Å²) in [6, 6.07) is 6.23. The lowest BCUT2D eigenvalue weighted by atomic mass is 10.1. The molecule has 0 amide bonds. The average Bonchev–Trinajstić information content (AvgIpc) is 2.65. The maximum Gasteiger partial charge on any atom is 0.168 e. The van der Waals surface area contributed by atoms with Gasteiger partial charge in [-0.25, -0.2) is 4.68 Å². The molecule has 0 aliphatic heterocycles. The molecule has 19 heavy (non-hydrogen) atoms. The van der Waals surface area contributed by atoms with E-state index in [2.05, 4.69) is 30.2 Å². The molecular formula is C14H20N4O. The number of hydrogen-bond donors (Lipinski definition) is 1. The Bertz CT molecular complexity index is 542. The summed E-state index contributed by atoms with van der Waals surface area (Å²) in [6.45, 7) is 7.48.